The molecule has 0 saturated carbocycles. The molecule has 0 aromatic heterocycles. The quantitative estimate of drug-likeness (QED) is 0.550. The molecule has 0 radical (unpaired) electrons. The summed E-state index contributed by atoms with van der Waals surface area (Å²) in [6.45, 7) is 2.27. The molecule has 0 nitrogen and oxygen atoms in total. The minimum absolute atomic E-state index is 0.0152. The maximum absolute atomic E-state index is 3.61. The summed E-state index contributed by atoms with van der Waals surface area (Å²) in [5, 5.41) is 1.59. The molecule has 0 spiro atoms. The lowest BCUT2D eigenvalue weighted by atomic mass is 10.2. The minimum atomic E-state index is -0.0152. The van der Waals surface area contributed by atoms with Crippen molar-refractivity contribution in [3.8, 4) is 0 Å². The second-order valence-corrected chi connectivity index (χ2v) is 6.58. The normalized spacial score (nSPS) is 11.3. The highest BCUT2D eigenvalue weighted by Gasteiger charge is 1.98. The van der Waals surface area contributed by atoms with Gasteiger partial charge in [0.05, 0.1) is 9.52 Å². The Morgan fingerprint density at radius 1 is 1.14 bits per heavy atom. The van der Waals surface area contributed by atoms with Crippen LogP contribution in [0.1, 0.15) is 32.6 Å². The van der Waals surface area contributed by atoms with Crippen molar-refractivity contribution in [1.82, 2.24) is 0 Å². The van der Waals surface area contributed by atoms with Gasteiger partial charge in [-0.05, 0) is 6.07 Å². The zero-order chi connectivity index (χ0) is 10.2. The van der Waals surface area contributed by atoms with Gasteiger partial charge in [-0.1, -0.05) is 78.0 Å². The molecule has 0 N–H and O–H groups in total. The van der Waals surface area contributed by atoms with Gasteiger partial charge in [-0.2, -0.15) is 0 Å². The van der Waals surface area contributed by atoms with Crippen LogP contribution in [0.5, 0.6) is 0 Å². The predicted molar refractivity (Wildman–Crippen MR) is 71.3 cm³/mol. The standard InChI is InChI=1S/C12H19BrSi/c1-2-3-4-7-10-14-12-9-6-5-8-11(12)13/h5-6,8-9H,2-4,7,10,14H2,1H3. The first kappa shape index (κ1) is 12.0. The highest BCUT2D eigenvalue weighted by atomic mass is 79.9. The van der Waals surface area contributed by atoms with Crippen molar-refractivity contribution in [1.29, 1.82) is 0 Å². The summed E-state index contributed by atoms with van der Waals surface area (Å²) in [7, 11) is -0.0152. The van der Waals surface area contributed by atoms with Gasteiger partial charge in [0.1, 0.15) is 0 Å². The van der Waals surface area contributed by atoms with Crippen LogP contribution in [0.25, 0.3) is 0 Å². The maximum atomic E-state index is 3.61. The van der Waals surface area contributed by atoms with Gasteiger partial charge in [0.15, 0.2) is 0 Å². The molecular weight excluding hydrogens is 252 g/mol. The fourth-order valence-corrected chi connectivity index (χ4v) is 4.14. The van der Waals surface area contributed by atoms with Crippen LogP contribution in [0.4, 0.5) is 0 Å². The van der Waals surface area contributed by atoms with E-state index in [4.69, 9.17) is 0 Å². The van der Waals surface area contributed by atoms with E-state index in [1.165, 1.54) is 36.2 Å². The SMILES string of the molecule is CCCCCC[SiH2]c1ccccc1Br. The van der Waals surface area contributed by atoms with E-state index in [-0.39, 0.29) is 9.52 Å². The summed E-state index contributed by atoms with van der Waals surface area (Å²) in [6, 6.07) is 10.1. The molecule has 0 aliphatic carbocycles. The Morgan fingerprint density at radius 2 is 1.93 bits per heavy atom. The molecule has 0 amide bonds. The fourth-order valence-electron chi connectivity index (χ4n) is 1.62. The van der Waals surface area contributed by atoms with Crippen LogP contribution in [0.3, 0.4) is 0 Å². The van der Waals surface area contributed by atoms with E-state index in [9.17, 15) is 0 Å². The van der Waals surface area contributed by atoms with Crippen molar-refractivity contribution in [2.45, 2.75) is 38.7 Å². The van der Waals surface area contributed by atoms with E-state index in [0.717, 1.165) is 0 Å². The Hall–Kier alpha value is -0.0831. The maximum Gasteiger partial charge on any atom is 0.0562 e. The van der Waals surface area contributed by atoms with E-state index in [1.807, 2.05) is 0 Å². The van der Waals surface area contributed by atoms with Crippen molar-refractivity contribution >= 4 is 30.6 Å². The average Bonchev–Trinajstić information content (AvgIpc) is 2.20. The number of hydrogen-bond donors (Lipinski definition) is 0. The van der Waals surface area contributed by atoms with E-state index in [0.29, 0.717) is 0 Å². The first-order chi connectivity index (χ1) is 6.84. The summed E-state index contributed by atoms with van der Waals surface area (Å²) in [4.78, 5) is 0. The molecule has 0 fully saturated rings. The Morgan fingerprint density at radius 3 is 2.64 bits per heavy atom. The van der Waals surface area contributed by atoms with Gasteiger partial charge in [0.2, 0.25) is 0 Å². The summed E-state index contributed by atoms with van der Waals surface area (Å²) >= 11 is 3.61. The second-order valence-electron chi connectivity index (χ2n) is 3.76. The molecule has 0 saturated heterocycles. The van der Waals surface area contributed by atoms with E-state index in [1.54, 1.807) is 5.19 Å². The molecule has 0 aliphatic rings. The van der Waals surface area contributed by atoms with Crippen LogP contribution in [0.2, 0.25) is 6.04 Å². The van der Waals surface area contributed by atoms with E-state index in [2.05, 4.69) is 47.1 Å². The molecule has 1 rings (SSSR count). The highest BCUT2D eigenvalue weighted by molar-refractivity contribution is 9.10. The highest BCUT2D eigenvalue weighted by Crippen LogP contribution is 2.07. The fraction of sp³-hybridized carbons (Fsp3) is 0.500. The monoisotopic (exact) mass is 270 g/mol. The van der Waals surface area contributed by atoms with Gasteiger partial charge in [-0.3, -0.25) is 0 Å². The molecule has 1 aromatic carbocycles. The third-order valence-corrected chi connectivity index (χ3v) is 5.81. The second kappa shape index (κ2) is 7.24. The van der Waals surface area contributed by atoms with Crippen molar-refractivity contribution in [3.63, 3.8) is 0 Å². The predicted octanol–water partition coefficient (Wildman–Crippen LogP) is 3.24. The van der Waals surface area contributed by atoms with Gasteiger partial charge < -0.3 is 0 Å². The van der Waals surface area contributed by atoms with Crippen molar-refractivity contribution in [2.24, 2.45) is 0 Å². The van der Waals surface area contributed by atoms with Gasteiger partial charge >= 0.3 is 0 Å². The largest absolute Gasteiger partial charge is 0.0654 e. The Kier molecular flexibility index (Phi) is 6.20. The number of rotatable bonds is 6. The zero-order valence-corrected chi connectivity index (χ0v) is 11.9. The Bertz CT molecular complexity index is 260. The van der Waals surface area contributed by atoms with Gasteiger partial charge in [0.25, 0.3) is 0 Å². The molecular formula is C12H19BrSi. The average molecular weight is 271 g/mol. The molecule has 78 valence electrons. The third kappa shape index (κ3) is 4.42. The topological polar surface area (TPSA) is 0 Å². The van der Waals surface area contributed by atoms with Crippen LogP contribution in [-0.4, -0.2) is 9.52 Å². The molecule has 0 atom stereocenters. The molecule has 0 aliphatic heterocycles. The number of halogens is 1. The first-order valence-corrected chi connectivity index (χ1v) is 8.08. The molecule has 0 bridgehead atoms. The number of hydrogen-bond acceptors (Lipinski definition) is 0. The smallest absolute Gasteiger partial charge is 0.0562 e. The van der Waals surface area contributed by atoms with Crippen molar-refractivity contribution < 1.29 is 0 Å². The summed E-state index contributed by atoms with van der Waals surface area (Å²) in [5.41, 5.74) is 0. The van der Waals surface area contributed by atoms with Crippen molar-refractivity contribution in [3.05, 3.63) is 28.7 Å². The van der Waals surface area contributed by atoms with Crippen LogP contribution < -0.4 is 5.19 Å². The molecule has 0 unspecified atom stereocenters. The lowest BCUT2D eigenvalue weighted by Crippen LogP contribution is -2.14. The van der Waals surface area contributed by atoms with Crippen LogP contribution in [0.15, 0.2) is 28.7 Å². The number of unbranched alkanes of at least 4 members (excludes halogenated alkanes) is 3. The van der Waals surface area contributed by atoms with Crippen molar-refractivity contribution in [2.75, 3.05) is 0 Å². The molecule has 1 aromatic rings. The van der Waals surface area contributed by atoms with Gasteiger partial charge in [-0.25, -0.2) is 0 Å². The summed E-state index contributed by atoms with van der Waals surface area (Å²) in [5.74, 6) is 0. The molecule has 2 heteroatoms. The van der Waals surface area contributed by atoms with E-state index >= 15 is 0 Å². The zero-order valence-electron chi connectivity index (χ0n) is 8.93. The molecule has 0 heterocycles. The Balaban J connectivity index is 2.21. The first-order valence-electron chi connectivity index (χ1n) is 5.58. The van der Waals surface area contributed by atoms with Gasteiger partial charge in [-0.15, -0.1) is 0 Å². The van der Waals surface area contributed by atoms with E-state index < -0.39 is 0 Å². The molecule has 14 heavy (non-hydrogen) atoms. The lowest BCUT2D eigenvalue weighted by Gasteiger charge is -2.02. The van der Waals surface area contributed by atoms with Gasteiger partial charge in [0, 0.05) is 4.47 Å². The number of benzene rings is 1. The van der Waals surface area contributed by atoms with Crippen LogP contribution >= 0.6 is 15.9 Å². The third-order valence-electron chi connectivity index (χ3n) is 2.51. The summed E-state index contributed by atoms with van der Waals surface area (Å²) in [6.07, 6.45) is 5.61. The Labute approximate surface area is 98.1 Å². The van der Waals surface area contributed by atoms with Crippen LogP contribution in [0, 0.1) is 0 Å². The minimum Gasteiger partial charge on any atom is -0.0654 e. The van der Waals surface area contributed by atoms with Crippen LogP contribution in [-0.2, 0) is 0 Å². The lowest BCUT2D eigenvalue weighted by molar-refractivity contribution is 0.701. The summed E-state index contributed by atoms with van der Waals surface area (Å²) < 4.78 is 1.32.